The first-order chi connectivity index (χ1) is 16.5. The Morgan fingerprint density at radius 2 is 1.88 bits per heavy atom. The number of hydrogen-bond acceptors (Lipinski definition) is 6. The van der Waals surface area contributed by atoms with Crippen LogP contribution < -0.4 is 10.9 Å². The predicted molar refractivity (Wildman–Crippen MR) is 128 cm³/mol. The third-order valence-electron chi connectivity index (χ3n) is 7.15. The molecule has 0 radical (unpaired) electrons. The monoisotopic (exact) mass is 459 g/mol. The largest absolute Gasteiger partial charge is 0.382 e. The van der Waals surface area contributed by atoms with Crippen molar-refractivity contribution in [1.82, 2.24) is 24.8 Å². The predicted octanol–water partition coefficient (Wildman–Crippen LogP) is 2.54. The van der Waals surface area contributed by atoms with E-state index in [-0.39, 0.29) is 24.2 Å². The fourth-order valence-corrected chi connectivity index (χ4v) is 5.45. The number of halogens is 1. The van der Waals surface area contributed by atoms with Crippen LogP contribution in [0.1, 0.15) is 24.0 Å². The maximum Gasteiger partial charge on any atom is 0.251 e. The van der Waals surface area contributed by atoms with Crippen molar-refractivity contribution in [2.45, 2.75) is 37.6 Å². The molecule has 1 fully saturated rings. The highest BCUT2D eigenvalue weighted by Crippen LogP contribution is 2.37. The van der Waals surface area contributed by atoms with Crippen molar-refractivity contribution in [3.05, 3.63) is 82.2 Å². The van der Waals surface area contributed by atoms with Gasteiger partial charge in [0.05, 0.1) is 34.9 Å². The molecule has 0 aliphatic carbocycles. The summed E-state index contributed by atoms with van der Waals surface area (Å²) in [6, 6.07) is 13.6. The van der Waals surface area contributed by atoms with E-state index in [9.17, 15) is 14.3 Å². The van der Waals surface area contributed by atoms with Crippen molar-refractivity contribution in [3.8, 4) is 0 Å². The van der Waals surface area contributed by atoms with Crippen molar-refractivity contribution in [2.75, 3.05) is 19.6 Å². The molecular formula is C26H26FN5O2. The Bertz CT molecular complexity index is 1450. The number of β-amino-alcohol motifs (C(OH)–C–C–N with tert-alkyl or cyclic N) is 1. The first kappa shape index (κ1) is 21.3. The molecule has 0 spiro atoms. The molecule has 2 N–H and O–H groups in total. The molecule has 5 heterocycles. The summed E-state index contributed by atoms with van der Waals surface area (Å²) in [4.78, 5) is 23.2. The Morgan fingerprint density at radius 3 is 2.74 bits per heavy atom. The second-order valence-electron chi connectivity index (χ2n) is 9.47. The molecule has 0 saturated carbocycles. The second kappa shape index (κ2) is 8.23. The van der Waals surface area contributed by atoms with Gasteiger partial charge < -0.3 is 15.0 Å². The van der Waals surface area contributed by atoms with Crippen LogP contribution in [-0.4, -0.2) is 50.2 Å². The lowest BCUT2D eigenvalue weighted by Crippen LogP contribution is -2.48. The smallest absolute Gasteiger partial charge is 0.251 e. The van der Waals surface area contributed by atoms with Crippen LogP contribution >= 0.6 is 0 Å². The summed E-state index contributed by atoms with van der Waals surface area (Å²) >= 11 is 0. The van der Waals surface area contributed by atoms with Crippen LogP contribution in [0.3, 0.4) is 0 Å². The van der Waals surface area contributed by atoms with Gasteiger partial charge in [0.2, 0.25) is 0 Å². The van der Waals surface area contributed by atoms with E-state index < -0.39 is 11.4 Å². The zero-order valence-electron chi connectivity index (χ0n) is 18.7. The zero-order valence-corrected chi connectivity index (χ0v) is 18.7. The van der Waals surface area contributed by atoms with Crippen LogP contribution in [0.4, 0.5) is 4.39 Å². The van der Waals surface area contributed by atoms with Crippen molar-refractivity contribution in [2.24, 2.45) is 0 Å². The summed E-state index contributed by atoms with van der Waals surface area (Å²) in [5.41, 5.74) is 1.59. The van der Waals surface area contributed by atoms with Gasteiger partial charge in [-0.15, -0.1) is 0 Å². The molecule has 0 amide bonds. The van der Waals surface area contributed by atoms with Gasteiger partial charge in [0.1, 0.15) is 11.4 Å². The fraction of sp³-hybridized carbons (Fsp3) is 0.346. The van der Waals surface area contributed by atoms with E-state index in [0.717, 1.165) is 55.1 Å². The summed E-state index contributed by atoms with van der Waals surface area (Å²) in [5.74, 6) is -0.563. The van der Waals surface area contributed by atoms with Crippen molar-refractivity contribution in [1.29, 1.82) is 0 Å². The van der Waals surface area contributed by atoms with Crippen molar-refractivity contribution in [3.63, 3.8) is 0 Å². The number of piperidine rings is 1. The molecule has 1 atom stereocenters. The number of nitrogens with one attached hydrogen (secondary N) is 1. The number of aromatic nitrogens is 3. The Labute approximate surface area is 195 Å². The molecule has 1 saturated heterocycles. The quantitative estimate of drug-likeness (QED) is 0.477. The molecule has 7 nitrogen and oxygen atoms in total. The van der Waals surface area contributed by atoms with Crippen LogP contribution in [0.5, 0.6) is 0 Å². The van der Waals surface area contributed by atoms with Gasteiger partial charge in [-0.25, -0.2) is 4.39 Å². The van der Waals surface area contributed by atoms with E-state index in [1.807, 2.05) is 24.4 Å². The van der Waals surface area contributed by atoms with Gasteiger partial charge in [-0.2, -0.15) is 0 Å². The number of nitrogens with zero attached hydrogens (tertiary/aromatic N) is 4. The molecule has 34 heavy (non-hydrogen) atoms. The number of aliphatic hydroxyl groups is 1. The second-order valence-corrected chi connectivity index (χ2v) is 9.47. The van der Waals surface area contributed by atoms with Crippen LogP contribution in [0.15, 0.2) is 59.7 Å². The van der Waals surface area contributed by atoms with Gasteiger partial charge in [-0.05, 0) is 49.7 Å². The minimum absolute atomic E-state index is 0.0499. The molecule has 2 aliphatic heterocycles. The lowest BCUT2D eigenvalue weighted by atomic mass is 9.93. The number of fused-ring (bicyclic) bond motifs is 1. The lowest BCUT2D eigenvalue weighted by molar-refractivity contribution is -0.0159. The number of likely N-dealkylation sites (tertiary alicyclic amines) is 1. The maximum absolute atomic E-state index is 14.8. The molecule has 6 rings (SSSR count). The molecule has 0 bridgehead atoms. The van der Waals surface area contributed by atoms with E-state index in [2.05, 4.69) is 32.3 Å². The van der Waals surface area contributed by atoms with Gasteiger partial charge in [0.15, 0.2) is 0 Å². The van der Waals surface area contributed by atoms with Crippen LogP contribution in [0.25, 0.3) is 21.9 Å². The van der Waals surface area contributed by atoms with Gasteiger partial charge in [0, 0.05) is 36.8 Å². The van der Waals surface area contributed by atoms with Crippen molar-refractivity contribution >= 4 is 21.9 Å². The van der Waals surface area contributed by atoms with E-state index in [1.165, 1.54) is 10.6 Å². The summed E-state index contributed by atoms with van der Waals surface area (Å²) in [5, 5.41) is 16.3. The van der Waals surface area contributed by atoms with Gasteiger partial charge in [-0.1, -0.05) is 18.2 Å². The van der Waals surface area contributed by atoms with E-state index in [4.69, 9.17) is 0 Å². The minimum Gasteiger partial charge on any atom is -0.382 e. The molecule has 174 valence electrons. The molecule has 2 aliphatic rings. The molecular weight excluding hydrogens is 433 g/mol. The maximum atomic E-state index is 14.8. The average Bonchev–Trinajstić information content (AvgIpc) is 3.17. The minimum atomic E-state index is -1.45. The van der Waals surface area contributed by atoms with Gasteiger partial charge >= 0.3 is 0 Å². The topological polar surface area (TPSA) is 83.3 Å². The number of rotatable bonds is 5. The highest BCUT2D eigenvalue weighted by Gasteiger charge is 2.43. The third kappa shape index (κ3) is 3.68. The highest BCUT2D eigenvalue weighted by molar-refractivity contribution is 5.81. The number of hydrogen-bond donors (Lipinski definition) is 2. The Kier molecular flexibility index (Phi) is 5.17. The summed E-state index contributed by atoms with van der Waals surface area (Å²) in [7, 11) is 0. The summed E-state index contributed by atoms with van der Waals surface area (Å²) in [6.07, 6.45) is 4.92. The van der Waals surface area contributed by atoms with Crippen molar-refractivity contribution < 1.29 is 9.50 Å². The van der Waals surface area contributed by atoms with Crippen LogP contribution in [0.2, 0.25) is 0 Å². The Balaban J connectivity index is 1.11. The lowest BCUT2D eigenvalue weighted by Gasteiger charge is -2.37. The molecule has 8 heteroatoms. The molecule has 1 aromatic carbocycles. The number of para-hydroxylation sites is 1. The van der Waals surface area contributed by atoms with Crippen LogP contribution in [-0.2, 0) is 18.7 Å². The Morgan fingerprint density at radius 1 is 1.09 bits per heavy atom. The Hall–Kier alpha value is -3.20. The third-order valence-corrected chi connectivity index (χ3v) is 7.15. The average molecular weight is 460 g/mol. The van der Waals surface area contributed by atoms with Gasteiger partial charge in [-0.3, -0.25) is 19.7 Å². The molecule has 4 aromatic rings. The van der Waals surface area contributed by atoms with E-state index in [0.29, 0.717) is 17.1 Å². The molecule has 3 aromatic heterocycles. The van der Waals surface area contributed by atoms with Crippen LogP contribution in [0, 0.1) is 5.82 Å². The SMILES string of the molecule is O=c1ccc2ncc(F)c3c2n1C[C@@]3(O)CN1CCC(NCc2cnc3ccccc3c2)CC1. The molecule has 0 unspecified atom stereocenters. The summed E-state index contributed by atoms with van der Waals surface area (Å²) in [6.45, 7) is 2.67. The number of benzene rings is 1. The summed E-state index contributed by atoms with van der Waals surface area (Å²) < 4.78 is 16.2. The normalized spacial score (nSPS) is 21.0. The highest BCUT2D eigenvalue weighted by atomic mass is 19.1. The standard InChI is InChI=1S/C26H26FN5O2/c27-20-14-30-22-5-6-23(33)32-16-26(34,24(20)25(22)32)15-31-9-7-19(8-10-31)28-12-17-11-18-3-1-2-4-21(18)29-13-17/h1-6,11,13-14,19,28,34H,7-10,12,15-16H2/t26-/m0/s1. The van der Waals surface area contributed by atoms with E-state index >= 15 is 0 Å². The fourth-order valence-electron chi connectivity index (χ4n) is 5.45. The first-order valence-corrected chi connectivity index (χ1v) is 11.7. The van der Waals surface area contributed by atoms with E-state index in [1.54, 1.807) is 6.07 Å². The van der Waals surface area contributed by atoms with Gasteiger partial charge in [0.25, 0.3) is 5.56 Å². The zero-order chi connectivity index (χ0) is 23.3. The number of pyridine rings is 3. The first-order valence-electron chi connectivity index (χ1n) is 11.7.